The number of carbonyl (C=O) groups excluding carboxylic acids is 1. The zero-order valence-corrected chi connectivity index (χ0v) is 14.6. The van der Waals surface area contributed by atoms with Crippen LogP contribution < -0.4 is 0 Å². The van der Waals surface area contributed by atoms with E-state index in [1.165, 1.54) is 5.56 Å². The molecule has 0 unspecified atom stereocenters. The van der Waals surface area contributed by atoms with Gasteiger partial charge in [-0.3, -0.25) is 14.7 Å². The minimum absolute atomic E-state index is 0.0560. The summed E-state index contributed by atoms with van der Waals surface area (Å²) in [5.41, 5.74) is 2.16. The van der Waals surface area contributed by atoms with Gasteiger partial charge in [-0.05, 0) is 30.7 Å². The molecule has 1 saturated heterocycles. The van der Waals surface area contributed by atoms with Crippen LogP contribution in [0.4, 0.5) is 0 Å². The van der Waals surface area contributed by atoms with Crippen molar-refractivity contribution in [3.63, 3.8) is 0 Å². The highest BCUT2D eigenvalue weighted by atomic mass is 16.5. The predicted molar refractivity (Wildman–Crippen MR) is 96.1 cm³/mol. The topological polar surface area (TPSA) is 65.9 Å². The van der Waals surface area contributed by atoms with Gasteiger partial charge in [0.2, 0.25) is 5.91 Å². The predicted octanol–water partition coefficient (Wildman–Crippen LogP) is 1.28. The number of hydrogen-bond donors (Lipinski definition) is 1. The molecule has 2 aromatic rings. The average Bonchev–Trinajstić information content (AvgIpc) is 2.80. The second kappa shape index (κ2) is 8.38. The van der Waals surface area contributed by atoms with Gasteiger partial charge in [-0.2, -0.15) is 0 Å². The Morgan fingerprint density at radius 2 is 2.20 bits per heavy atom. The van der Waals surface area contributed by atoms with Gasteiger partial charge in [-0.25, -0.2) is 0 Å². The Bertz CT molecular complexity index is 722. The van der Waals surface area contributed by atoms with Crippen LogP contribution in [0, 0.1) is 0 Å². The van der Waals surface area contributed by atoms with Crippen LogP contribution in [0.5, 0.6) is 0 Å². The van der Waals surface area contributed by atoms with E-state index in [9.17, 15) is 9.90 Å². The van der Waals surface area contributed by atoms with Gasteiger partial charge < -0.3 is 14.7 Å². The molecule has 1 N–H and O–H groups in total. The number of aromatic nitrogens is 1. The van der Waals surface area contributed by atoms with E-state index in [1.807, 2.05) is 19.1 Å². The number of aliphatic hydroxyl groups excluding tert-OH is 1. The fraction of sp³-hybridized carbons (Fsp3) is 0.474. The lowest BCUT2D eigenvalue weighted by molar-refractivity contribution is -0.136. The monoisotopic (exact) mass is 343 g/mol. The average molecular weight is 343 g/mol. The second-order valence-electron chi connectivity index (χ2n) is 6.40. The first-order chi connectivity index (χ1) is 12.2. The number of carbonyl (C=O) groups is 1. The summed E-state index contributed by atoms with van der Waals surface area (Å²) in [7, 11) is 0. The first kappa shape index (κ1) is 17.8. The molecule has 2 heterocycles. The van der Waals surface area contributed by atoms with Crippen molar-refractivity contribution in [2.24, 2.45) is 0 Å². The maximum atomic E-state index is 12.1. The number of nitrogens with zero attached hydrogens (tertiary/aromatic N) is 3. The van der Waals surface area contributed by atoms with E-state index < -0.39 is 6.10 Å². The molecule has 1 aliphatic heterocycles. The normalized spacial score (nSPS) is 19.1. The Labute approximate surface area is 148 Å². The molecule has 1 amide bonds. The van der Waals surface area contributed by atoms with Gasteiger partial charge >= 0.3 is 0 Å². The molecule has 6 nitrogen and oxygen atoms in total. The second-order valence-corrected chi connectivity index (χ2v) is 6.40. The molecule has 6 heteroatoms. The number of aliphatic hydroxyl groups is 1. The summed E-state index contributed by atoms with van der Waals surface area (Å²) in [6.07, 6.45) is 1.25. The minimum atomic E-state index is -0.546. The van der Waals surface area contributed by atoms with Crippen molar-refractivity contribution < 1.29 is 14.6 Å². The molecule has 1 aromatic heterocycles. The van der Waals surface area contributed by atoms with E-state index in [-0.39, 0.29) is 12.5 Å². The summed E-state index contributed by atoms with van der Waals surface area (Å²) in [5, 5.41) is 11.4. The lowest BCUT2D eigenvalue weighted by Crippen LogP contribution is -2.39. The Hall–Kier alpha value is -2.02. The molecule has 0 bridgehead atoms. The van der Waals surface area contributed by atoms with Gasteiger partial charge in [0, 0.05) is 50.9 Å². The van der Waals surface area contributed by atoms with Gasteiger partial charge in [-0.15, -0.1) is 0 Å². The highest BCUT2D eigenvalue weighted by molar-refractivity contribution is 5.79. The van der Waals surface area contributed by atoms with E-state index in [0.717, 1.165) is 24.0 Å². The minimum Gasteiger partial charge on any atom is -0.390 e. The van der Waals surface area contributed by atoms with E-state index in [1.54, 1.807) is 11.1 Å². The summed E-state index contributed by atoms with van der Waals surface area (Å²) in [4.78, 5) is 20.4. The standard InChI is InChI=1S/C19H25N3O3/c1-2-25-14-19(24)22-9-8-21(12-17(23)13-22)11-15-5-6-18-16(10-15)4-3-7-20-18/h3-7,10,17,23H,2,8-9,11-14H2,1H3/t17-/m0/s1. The molecule has 25 heavy (non-hydrogen) atoms. The first-order valence-corrected chi connectivity index (χ1v) is 8.75. The number of ether oxygens (including phenoxy) is 1. The van der Waals surface area contributed by atoms with Crippen LogP contribution in [0.3, 0.4) is 0 Å². The first-order valence-electron chi connectivity index (χ1n) is 8.75. The fourth-order valence-electron chi connectivity index (χ4n) is 3.19. The molecule has 1 fully saturated rings. The number of β-amino-alcohol motifs (C(OH)–C–C–N with tert-alkyl or cyclic N) is 1. The van der Waals surface area contributed by atoms with Gasteiger partial charge in [0.05, 0.1) is 11.6 Å². The number of benzene rings is 1. The molecule has 1 aliphatic rings. The van der Waals surface area contributed by atoms with E-state index in [2.05, 4.69) is 28.1 Å². The van der Waals surface area contributed by atoms with Crippen molar-refractivity contribution in [2.75, 3.05) is 39.4 Å². The summed E-state index contributed by atoms with van der Waals surface area (Å²) < 4.78 is 5.20. The van der Waals surface area contributed by atoms with Crippen molar-refractivity contribution in [2.45, 2.75) is 19.6 Å². The van der Waals surface area contributed by atoms with Crippen LogP contribution >= 0.6 is 0 Å². The summed E-state index contributed by atoms with van der Waals surface area (Å²) in [6.45, 7) is 5.48. The summed E-state index contributed by atoms with van der Waals surface area (Å²) in [5.74, 6) is -0.0560. The number of amides is 1. The van der Waals surface area contributed by atoms with E-state index in [4.69, 9.17) is 4.74 Å². The van der Waals surface area contributed by atoms with Crippen molar-refractivity contribution >= 4 is 16.8 Å². The van der Waals surface area contributed by atoms with E-state index in [0.29, 0.717) is 26.2 Å². The lowest BCUT2D eigenvalue weighted by atomic mass is 10.1. The van der Waals surface area contributed by atoms with Gasteiger partial charge in [-0.1, -0.05) is 12.1 Å². The van der Waals surface area contributed by atoms with Crippen molar-refractivity contribution in [3.8, 4) is 0 Å². The smallest absolute Gasteiger partial charge is 0.248 e. The SMILES string of the molecule is CCOCC(=O)N1CCN(Cc2ccc3ncccc3c2)C[C@H](O)C1. The van der Waals surface area contributed by atoms with Crippen molar-refractivity contribution in [1.82, 2.24) is 14.8 Å². The molecule has 0 spiro atoms. The van der Waals surface area contributed by atoms with Crippen LogP contribution in [0.25, 0.3) is 10.9 Å². The molecule has 1 atom stereocenters. The summed E-state index contributed by atoms with van der Waals surface area (Å²) >= 11 is 0. The Morgan fingerprint density at radius 1 is 1.32 bits per heavy atom. The van der Waals surface area contributed by atoms with Gasteiger partial charge in [0.25, 0.3) is 0 Å². The van der Waals surface area contributed by atoms with Crippen molar-refractivity contribution in [1.29, 1.82) is 0 Å². The molecule has 0 aliphatic carbocycles. The number of rotatable bonds is 5. The van der Waals surface area contributed by atoms with Crippen LogP contribution in [-0.4, -0.2) is 71.3 Å². The zero-order chi connectivity index (χ0) is 17.6. The zero-order valence-electron chi connectivity index (χ0n) is 14.6. The highest BCUT2D eigenvalue weighted by Gasteiger charge is 2.24. The van der Waals surface area contributed by atoms with Gasteiger partial charge in [0.1, 0.15) is 6.61 Å². The van der Waals surface area contributed by atoms with Crippen LogP contribution in [0.2, 0.25) is 0 Å². The maximum Gasteiger partial charge on any atom is 0.248 e. The van der Waals surface area contributed by atoms with Crippen molar-refractivity contribution in [3.05, 3.63) is 42.1 Å². The number of hydrogen-bond acceptors (Lipinski definition) is 5. The quantitative estimate of drug-likeness (QED) is 0.886. The Balaban J connectivity index is 1.63. The third kappa shape index (κ3) is 4.75. The molecule has 0 saturated carbocycles. The highest BCUT2D eigenvalue weighted by Crippen LogP contribution is 2.16. The molecule has 134 valence electrons. The largest absolute Gasteiger partial charge is 0.390 e. The molecule has 0 radical (unpaired) electrons. The van der Waals surface area contributed by atoms with Crippen LogP contribution in [0.1, 0.15) is 12.5 Å². The van der Waals surface area contributed by atoms with Gasteiger partial charge in [0.15, 0.2) is 0 Å². The fourth-order valence-corrected chi connectivity index (χ4v) is 3.19. The van der Waals surface area contributed by atoms with Crippen LogP contribution in [0.15, 0.2) is 36.5 Å². The molecular formula is C19H25N3O3. The lowest BCUT2D eigenvalue weighted by Gasteiger charge is -2.21. The third-order valence-corrected chi connectivity index (χ3v) is 4.44. The maximum absolute atomic E-state index is 12.1. The number of pyridine rings is 1. The Morgan fingerprint density at radius 3 is 3.04 bits per heavy atom. The van der Waals surface area contributed by atoms with Crippen LogP contribution in [-0.2, 0) is 16.1 Å². The molecule has 3 rings (SSSR count). The van der Waals surface area contributed by atoms with E-state index >= 15 is 0 Å². The Kier molecular flexibility index (Phi) is 5.96. The molecular weight excluding hydrogens is 318 g/mol. The third-order valence-electron chi connectivity index (χ3n) is 4.44. The summed E-state index contributed by atoms with van der Waals surface area (Å²) in [6, 6.07) is 10.2. The molecule has 1 aromatic carbocycles. The number of fused-ring (bicyclic) bond motifs is 1.